The van der Waals surface area contributed by atoms with E-state index in [0.717, 1.165) is 12.1 Å². The molecule has 30 heavy (non-hydrogen) atoms. The number of nitrogens with one attached hydrogen (secondary N) is 1. The Labute approximate surface area is 178 Å². The van der Waals surface area contributed by atoms with Gasteiger partial charge < -0.3 is 9.47 Å². The Hall–Kier alpha value is -3.73. The van der Waals surface area contributed by atoms with Crippen LogP contribution in [0.4, 0.5) is 11.4 Å². The number of nitrogens with zero attached hydrogens (tertiary/aromatic N) is 2. The van der Waals surface area contributed by atoms with Gasteiger partial charge in [-0.1, -0.05) is 34.1 Å². The number of esters is 1. The third-order valence-corrected chi connectivity index (χ3v) is 4.49. The molecule has 0 aliphatic carbocycles. The molecule has 10 nitrogen and oxygen atoms in total. The molecule has 0 bridgehead atoms. The van der Waals surface area contributed by atoms with Gasteiger partial charge in [-0.25, -0.2) is 9.80 Å². The summed E-state index contributed by atoms with van der Waals surface area (Å²) in [5, 5.41) is 12.5. The molecule has 0 spiro atoms. The fourth-order valence-electron chi connectivity index (χ4n) is 2.66. The fourth-order valence-corrected chi connectivity index (χ4v) is 3.13. The number of benzene rings is 2. The number of nitro groups is 1. The monoisotopic (exact) mass is 475 g/mol. The van der Waals surface area contributed by atoms with Crippen molar-refractivity contribution in [2.75, 3.05) is 18.7 Å². The molecule has 0 atom stereocenters. The molecule has 0 saturated carbocycles. The number of methoxy groups -OCH3 is 1. The van der Waals surface area contributed by atoms with Gasteiger partial charge in [-0.3, -0.25) is 25.1 Å². The maximum absolute atomic E-state index is 12.8. The number of hydrazine groups is 1. The first-order valence-corrected chi connectivity index (χ1v) is 9.21. The number of halogens is 1. The van der Waals surface area contributed by atoms with E-state index in [9.17, 15) is 24.5 Å². The zero-order valence-electron chi connectivity index (χ0n) is 15.5. The van der Waals surface area contributed by atoms with E-state index in [4.69, 9.17) is 4.74 Å². The van der Waals surface area contributed by atoms with Gasteiger partial charge in [0.15, 0.2) is 6.61 Å². The predicted octanol–water partition coefficient (Wildman–Crippen LogP) is 2.37. The van der Waals surface area contributed by atoms with E-state index in [2.05, 4.69) is 26.1 Å². The minimum Gasteiger partial charge on any atom is -0.474 e. The molecule has 1 heterocycles. The molecule has 0 radical (unpaired) electrons. The summed E-state index contributed by atoms with van der Waals surface area (Å²) in [6, 6.07) is 11.0. The SMILES string of the molecule is COC(=O)COc1c(C=C2C(=O)NN(c3ccccc3)C2=O)cc(Br)cc1[N+](=O)[O-]. The van der Waals surface area contributed by atoms with Gasteiger partial charge in [0.25, 0.3) is 11.8 Å². The maximum atomic E-state index is 12.8. The predicted molar refractivity (Wildman–Crippen MR) is 108 cm³/mol. The van der Waals surface area contributed by atoms with Crippen molar-refractivity contribution in [3.8, 4) is 5.75 Å². The zero-order valence-corrected chi connectivity index (χ0v) is 17.0. The number of hydrogen-bond acceptors (Lipinski definition) is 7. The van der Waals surface area contributed by atoms with Crippen LogP contribution in [0.15, 0.2) is 52.5 Å². The molecule has 1 fully saturated rings. The fraction of sp³-hybridized carbons (Fsp3) is 0.105. The van der Waals surface area contributed by atoms with Crippen molar-refractivity contribution < 1.29 is 28.8 Å². The molecule has 1 N–H and O–H groups in total. The number of hydrogen-bond donors (Lipinski definition) is 1. The van der Waals surface area contributed by atoms with Crippen LogP contribution in [0, 0.1) is 10.1 Å². The van der Waals surface area contributed by atoms with E-state index in [1.165, 1.54) is 18.2 Å². The number of carbonyl (C=O) groups excluding carboxylic acids is 3. The number of rotatable bonds is 6. The smallest absolute Gasteiger partial charge is 0.343 e. The Morgan fingerprint density at radius 2 is 1.97 bits per heavy atom. The second-order valence-corrected chi connectivity index (χ2v) is 6.86. The van der Waals surface area contributed by atoms with Gasteiger partial charge in [-0.2, -0.15) is 0 Å². The van der Waals surface area contributed by atoms with Crippen LogP contribution in [0.2, 0.25) is 0 Å². The Morgan fingerprint density at radius 1 is 1.27 bits per heavy atom. The number of amides is 2. The second-order valence-electron chi connectivity index (χ2n) is 5.94. The quantitative estimate of drug-likeness (QED) is 0.223. The normalized spacial score (nSPS) is 14.6. The van der Waals surface area contributed by atoms with Crippen LogP contribution in [0.3, 0.4) is 0 Å². The molecule has 2 aromatic carbocycles. The first-order valence-electron chi connectivity index (χ1n) is 8.41. The summed E-state index contributed by atoms with van der Waals surface area (Å²) in [5.41, 5.74) is 2.24. The minimum absolute atomic E-state index is 0.0633. The van der Waals surface area contributed by atoms with Gasteiger partial charge in [-0.15, -0.1) is 0 Å². The summed E-state index contributed by atoms with van der Waals surface area (Å²) in [7, 11) is 1.14. The lowest BCUT2D eigenvalue weighted by Gasteiger charge is -2.14. The molecule has 1 aliphatic rings. The van der Waals surface area contributed by atoms with E-state index in [1.807, 2.05) is 0 Å². The van der Waals surface area contributed by atoms with E-state index < -0.39 is 35.0 Å². The zero-order chi connectivity index (χ0) is 21.8. The van der Waals surface area contributed by atoms with Crippen molar-refractivity contribution in [3.63, 3.8) is 0 Å². The second kappa shape index (κ2) is 8.74. The van der Waals surface area contributed by atoms with Gasteiger partial charge in [0.05, 0.1) is 17.7 Å². The molecule has 1 saturated heterocycles. The lowest BCUT2D eigenvalue weighted by atomic mass is 10.1. The Morgan fingerprint density at radius 3 is 2.60 bits per heavy atom. The third kappa shape index (κ3) is 4.30. The molecule has 154 valence electrons. The summed E-state index contributed by atoms with van der Waals surface area (Å²) in [6.07, 6.45) is 1.17. The van der Waals surface area contributed by atoms with Crippen molar-refractivity contribution in [1.29, 1.82) is 0 Å². The highest BCUT2D eigenvalue weighted by atomic mass is 79.9. The molecule has 0 unspecified atom stereocenters. The summed E-state index contributed by atoms with van der Waals surface area (Å²) in [6.45, 7) is -0.592. The van der Waals surface area contributed by atoms with Crippen molar-refractivity contribution in [2.45, 2.75) is 0 Å². The van der Waals surface area contributed by atoms with Crippen LogP contribution >= 0.6 is 15.9 Å². The van der Waals surface area contributed by atoms with E-state index >= 15 is 0 Å². The molecule has 3 rings (SSSR count). The highest BCUT2D eigenvalue weighted by Gasteiger charge is 2.35. The van der Waals surface area contributed by atoms with Gasteiger partial charge >= 0.3 is 11.7 Å². The molecule has 1 aliphatic heterocycles. The van der Waals surface area contributed by atoms with E-state index in [1.54, 1.807) is 30.3 Å². The molecule has 11 heteroatoms. The highest BCUT2D eigenvalue weighted by Crippen LogP contribution is 2.36. The van der Waals surface area contributed by atoms with E-state index in [0.29, 0.717) is 10.2 Å². The Kier molecular flexibility index (Phi) is 6.11. The van der Waals surface area contributed by atoms with Crippen molar-refractivity contribution in [2.24, 2.45) is 0 Å². The number of anilines is 1. The van der Waals surface area contributed by atoms with Gasteiger partial charge in [-0.05, 0) is 24.3 Å². The summed E-state index contributed by atoms with van der Waals surface area (Å²) in [5.74, 6) is -2.37. The first kappa shape index (κ1) is 21.0. The molecule has 2 amide bonds. The minimum atomic E-state index is -0.754. The lowest BCUT2D eigenvalue weighted by Crippen LogP contribution is -2.35. The molecular weight excluding hydrogens is 462 g/mol. The number of para-hydroxylation sites is 1. The van der Waals surface area contributed by atoms with Crippen molar-refractivity contribution in [3.05, 3.63) is 68.2 Å². The third-order valence-electron chi connectivity index (χ3n) is 4.03. The van der Waals surface area contributed by atoms with Crippen molar-refractivity contribution in [1.82, 2.24) is 5.43 Å². The van der Waals surface area contributed by atoms with Crippen LogP contribution in [0.5, 0.6) is 5.75 Å². The number of carbonyl (C=O) groups is 3. The first-order chi connectivity index (χ1) is 14.3. The van der Waals surface area contributed by atoms with Crippen LogP contribution < -0.4 is 15.2 Å². The average Bonchev–Trinajstić information content (AvgIpc) is 3.01. The molecule has 0 aromatic heterocycles. The Balaban J connectivity index is 2.05. The van der Waals surface area contributed by atoms with E-state index in [-0.39, 0.29) is 16.9 Å². The number of ether oxygens (including phenoxy) is 2. The Bertz CT molecular complexity index is 1070. The van der Waals surface area contributed by atoms with Crippen molar-refractivity contribution >= 4 is 51.2 Å². The average molecular weight is 476 g/mol. The van der Waals surface area contributed by atoms with Gasteiger partial charge in [0.1, 0.15) is 5.57 Å². The largest absolute Gasteiger partial charge is 0.474 e. The molecular formula is C19H14BrN3O7. The summed E-state index contributed by atoms with van der Waals surface area (Å²) < 4.78 is 10.1. The van der Waals surface area contributed by atoms with Gasteiger partial charge in [0, 0.05) is 16.1 Å². The highest BCUT2D eigenvalue weighted by molar-refractivity contribution is 9.10. The van der Waals surface area contributed by atoms with Crippen LogP contribution in [0.25, 0.3) is 6.08 Å². The topological polar surface area (TPSA) is 128 Å². The molecule has 2 aromatic rings. The maximum Gasteiger partial charge on any atom is 0.343 e. The van der Waals surface area contributed by atoms with Crippen LogP contribution in [0.1, 0.15) is 5.56 Å². The number of nitro benzene ring substituents is 1. The van der Waals surface area contributed by atoms with Gasteiger partial charge in [0.2, 0.25) is 5.75 Å². The van der Waals surface area contributed by atoms with Crippen LogP contribution in [-0.2, 0) is 19.1 Å². The lowest BCUT2D eigenvalue weighted by molar-refractivity contribution is -0.385. The standard InChI is InChI=1S/C19H14BrN3O7/c1-29-16(24)10-30-17-11(7-12(20)9-15(17)23(27)28)8-14-18(25)21-22(19(14)26)13-5-3-2-4-6-13/h2-9H,10H2,1H3,(H,21,25). The summed E-state index contributed by atoms with van der Waals surface area (Å²) in [4.78, 5) is 47.3. The van der Waals surface area contributed by atoms with Crippen LogP contribution in [-0.4, -0.2) is 36.4 Å². The summed E-state index contributed by atoms with van der Waals surface area (Å²) >= 11 is 3.16.